The molecule has 176 valence electrons. The molecule has 33 heavy (non-hydrogen) atoms. The minimum absolute atomic E-state index is 0.0508. The van der Waals surface area contributed by atoms with E-state index in [4.69, 9.17) is 9.47 Å². The quantitative estimate of drug-likeness (QED) is 0.449. The van der Waals surface area contributed by atoms with Crippen molar-refractivity contribution in [2.24, 2.45) is 0 Å². The second kappa shape index (κ2) is 11.5. The number of carbonyl (C=O) groups excluding carboxylic acids is 2. The Hall–Kier alpha value is -3.39. The number of nitrogens with one attached hydrogen (secondary N) is 2. The Labute approximate surface area is 193 Å². The average molecular weight is 455 g/mol. The summed E-state index contributed by atoms with van der Waals surface area (Å²) in [5, 5.41) is 14.4. The van der Waals surface area contributed by atoms with Crippen molar-refractivity contribution in [2.45, 2.75) is 44.2 Å². The standard InChI is InChI=1S/C25H30N2O6/c1-16(14-23(28)27-22(24(29)30)12-7-13-32-2)26-25(31)33-15-21-19-10-5-3-8-17(19)18-9-4-6-11-20(18)21/h3-6,8-11,16,21-22H,7,12-15H2,1-2H3,(H,26,31)(H,27,28)(H,29,30). The van der Waals surface area contributed by atoms with Crippen LogP contribution in [0.4, 0.5) is 4.79 Å². The molecule has 2 unspecified atom stereocenters. The molecule has 3 N–H and O–H groups in total. The highest BCUT2D eigenvalue weighted by atomic mass is 16.5. The fourth-order valence-corrected chi connectivity index (χ4v) is 4.11. The predicted molar refractivity (Wildman–Crippen MR) is 123 cm³/mol. The molecule has 0 heterocycles. The number of ether oxygens (including phenoxy) is 2. The van der Waals surface area contributed by atoms with Crippen molar-refractivity contribution in [3.63, 3.8) is 0 Å². The minimum Gasteiger partial charge on any atom is -0.480 e. The van der Waals surface area contributed by atoms with Gasteiger partial charge in [-0.1, -0.05) is 48.5 Å². The van der Waals surface area contributed by atoms with Crippen LogP contribution in [0.2, 0.25) is 0 Å². The smallest absolute Gasteiger partial charge is 0.407 e. The monoisotopic (exact) mass is 454 g/mol. The van der Waals surface area contributed by atoms with Crippen LogP contribution in [0.1, 0.15) is 43.2 Å². The van der Waals surface area contributed by atoms with E-state index in [9.17, 15) is 19.5 Å². The molecular formula is C25H30N2O6. The molecule has 0 radical (unpaired) electrons. The van der Waals surface area contributed by atoms with Gasteiger partial charge in [0.2, 0.25) is 5.91 Å². The molecule has 1 aliphatic carbocycles. The van der Waals surface area contributed by atoms with E-state index < -0.39 is 30.1 Å². The van der Waals surface area contributed by atoms with E-state index >= 15 is 0 Å². The highest BCUT2D eigenvalue weighted by molar-refractivity contribution is 5.84. The molecule has 0 saturated carbocycles. The number of amides is 2. The molecule has 1 aliphatic rings. The zero-order chi connectivity index (χ0) is 23.8. The molecule has 3 rings (SSSR count). The molecule has 0 bridgehead atoms. The number of fused-ring (bicyclic) bond motifs is 3. The van der Waals surface area contributed by atoms with Gasteiger partial charge in [0.15, 0.2) is 0 Å². The highest BCUT2D eigenvalue weighted by Crippen LogP contribution is 2.44. The Bertz CT molecular complexity index is 947. The summed E-state index contributed by atoms with van der Waals surface area (Å²) in [4.78, 5) is 35.9. The van der Waals surface area contributed by atoms with Crippen LogP contribution in [-0.4, -0.2) is 55.5 Å². The molecule has 2 atom stereocenters. The number of carboxylic acids is 1. The predicted octanol–water partition coefficient (Wildman–Crippen LogP) is 3.30. The lowest BCUT2D eigenvalue weighted by molar-refractivity contribution is -0.142. The van der Waals surface area contributed by atoms with Gasteiger partial charge in [-0.05, 0) is 42.0 Å². The van der Waals surface area contributed by atoms with Gasteiger partial charge in [0.1, 0.15) is 12.6 Å². The first kappa shape index (κ1) is 24.3. The summed E-state index contributed by atoms with van der Waals surface area (Å²) in [6.07, 6.45) is 0.106. The van der Waals surface area contributed by atoms with Crippen LogP contribution in [0.25, 0.3) is 11.1 Å². The lowest BCUT2D eigenvalue weighted by Gasteiger charge is -2.18. The normalized spacial score (nSPS) is 14.0. The van der Waals surface area contributed by atoms with Crippen LogP contribution in [0.5, 0.6) is 0 Å². The molecule has 0 aliphatic heterocycles. The van der Waals surface area contributed by atoms with Gasteiger partial charge in [-0.15, -0.1) is 0 Å². The molecule has 2 aromatic rings. The molecule has 0 saturated heterocycles. The maximum absolute atomic E-state index is 12.3. The Morgan fingerprint density at radius 1 is 1.00 bits per heavy atom. The maximum atomic E-state index is 12.3. The third kappa shape index (κ3) is 6.32. The van der Waals surface area contributed by atoms with Gasteiger partial charge in [-0.3, -0.25) is 4.79 Å². The third-order valence-electron chi connectivity index (χ3n) is 5.67. The number of hydrogen-bond donors (Lipinski definition) is 3. The Morgan fingerprint density at radius 2 is 1.61 bits per heavy atom. The van der Waals surface area contributed by atoms with Gasteiger partial charge in [0, 0.05) is 32.1 Å². The molecule has 0 aromatic heterocycles. The van der Waals surface area contributed by atoms with Crippen LogP contribution in [-0.2, 0) is 19.1 Å². The molecule has 2 aromatic carbocycles. The summed E-state index contributed by atoms with van der Waals surface area (Å²) in [7, 11) is 1.53. The number of aliphatic carboxylic acids is 1. The van der Waals surface area contributed by atoms with E-state index in [1.807, 2.05) is 36.4 Å². The lowest BCUT2D eigenvalue weighted by atomic mass is 9.98. The van der Waals surface area contributed by atoms with Crippen molar-refractivity contribution in [1.82, 2.24) is 10.6 Å². The van der Waals surface area contributed by atoms with Gasteiger partial charge in [0.05, 0.1) is 0 Å². The van der Waals surface area contributed by atoms with Gasteiger partial charge in [-0.2, -0.15) is 0 Å². The highest BCUT2D eigenvalue weighted by Gasteiger charge is 2.29. The van der Waals surface area contributed by atoms with E-state index in [1.54, 1.807) is 6.92 Å². The maximum Gasteiger partial charge on any atom is 0.407 e. The van der Waals surface area contributed by atoms with E-state index in [-0.39, 0.29) is 25.4 Å². The molecule has 0 fully saturated rings. The first-order valence-corrected chi connectivity index (χ1v) is 11.0. The number of carbonyl (C=O) groups is 3. The summed E-state index contributed by atoms with van der Waals surface area (Å²) in [5.41, 5.74) is 4.52. The summed E-state index contributed by atoms with van der Waals surface area (Å²) in [5.74, 6) is -1.60. The fourth-order valence-electron chi connectivity index (χ4n) is 4.11. The van der Waals surface area contributed by atoms with Crippen molar-refractivity contribution in [1.29, 1.82) is 0 Å². The van der Waals surface area contributed by atoms with Gasteiger partial charge >= 0.3 is 12.1 Å². The number of methoxy groups -OCH3 is 1. The van der Waals surface area contributed by atoms with Crippen molar-refractivity contribution < 1.29 is 29.0 Å². The van der Waals surface area contributed by atoms with Gasteiger partial charge in [0.25, 0.3) is 0 Å². The second-order valence-electron chi connectivity index (χ2n) is 8.17. The lowest BCUT2D eigenvalue weighted by Crippen LogP contribution is -2.44. The fraction of sp³-hybridized carbons (Fsp3) is 0.400. The van der Waals surface area contributed by atoms with E-state index in [0.29, 0.717) is 13.0 Å². The SMILES string of the molecule is COCCCC(NC(=O)CC(C)NC(=O)OCC1c2ccccc2-c2ccccc21)C(=O)O. The average Bonchev–Trinajstić information content (AvgIpc) is 3.10. The Kier molecular flexibility index (Phi) is 8.43. The Balaban J connectivity index is 1.49. The number of hydrogen-bond acceptors (Lipinski definition) is 5. The van der Waals surface area contributed by atoms with Gasteiger partial charge in [-0.25, -0.2) is 9.59 Å². The topological polar surface area (TPSA) is 114 Å². The van der Waals surface area contributed by atoms with Gasteiger partial charge < -0.3 is 25.2 Å². The molecular weight excluding hydrogens is 424 g/mol. The molecule has 2 amide bonds. The summed E-state index contributed by atoms with van der Waals surface area (Å²) < 4.78 is 10.4. The van der Waals surface area contributed by atoms with Crippen molar-refractivity contribution in [2.75, 3.05) is 20.3 Å². The van der Waals surface area contributed by atoms with E-state index in [2.05, 4.69) is 22.8 Å². The molecule has 0 spiro atoms. The van der Waals surface area contributed by atoms with Crippen molar-refractivity contribution >= 4 is 18.0 Å². The first-order valence-electron chi connectivity index (χ1n) is 11.0. The van der Waals surface area contributed by atoms with Crippen LogP contribution >= 0.6 is 0 Å². The largest absolute Gasteiger partial charge is 0.480 e. The summed E-state index contributed by atoms with van der Waals surface area (Å²) >= 11 is 0. The van der Waals surface area contributed by atoms with Crippen LogP contribution in [0.15, 0.2) is 48.5 Å². The molecule has 8 nitrogen and oxygen atoms in total. The number of benzene rings is 2. The van der Waals surface area contributed by atoms with Crippen LogP contribution in [0, 0.1) is 0 Å². The number of rotatable bonds is 11. The van der Waals surface area contributed by atoms with E-state index in [1.165, 1.54) is 7.11 Å². The summed E-state index contributed by atoms with van der Waals surface area (Å²) in [6, 6.07) is 14.6. The zero-order valence-electron chi connectivity index (χ0n) is 18.9. The molecule has 8 heteroatoms. The van der Waals surface area contributed by atoms with E-state index in [0.717, 1.165) is 22.3 Å². The van der Waals surface area contributed by atoms with Crippen molar-refractivity contribution in [3.8, 4) is 11.1 Å². The first-order chi connectivity index (χ1) is 15.9. The Morgan fingerprint density at radius 3 is 2.18 bits per heavy atom. The number of alkyl carbamates (subject to hydrolysis) is 1. The second-order valence-corrected chi connectivity index (χ2v) is 8.17. The van der Waals surface area contributed by atoms with Crippen molar-refractivity contribution in [3.05, 3.63) is 59.7 Å². The van der Waals surface area contributed by atoms with Crippen LogP contribution < -0.4 is 10.6 Å². The zero-order valence-corrected chi connectivity index (χ0v) is 18.9. The third-order valence-corrected chi connectivity index (χ3v) is 5.67. The summed E-state index contributed by atoms with van der Waals surface area (Å²) in [6.45, 7) is 2.26. The number of carboxylic acid groups (broad SMARTS) is 1. The minimum atomic E-state index is -1.10. The van der Waals surface area contributed by atoms with Crippen LogP contribution in [0.3, 0.4) is 0 Å².